The Morgan fingerprint density at radius 3 is 2.41 bits per heavy atom. The van der Waals surface area contributed by atoms with Crippen LogP contribution in [0.25, 0.3) is 22.3 Å². The van der Waals surface area contributed by atoms with Gasteiger partial charge in [0.15, 0.2) is 0 Å². The molecule has 6 heteroatoms. The lowest BCUT2D eigenvalue weighted by Gasteiger charge is -2.29. The van der Waals surface area contributed by atoms with E-state index in [0.29, 0.717) is 18.5 Å². The molecule has 0 saturated carbocycles. The summed E-state index contributed by atoms with van der Waals surface area (Å²) in [6.45, 7) is 0.354. The maximum atomic E-state index is 12.9. The van der Waals surface area contributed by atoms with Gasteiger partial charge in [0.2, 0.25) is 11.8 Å². The Kier molecular flexibility index (Phi) is 4.05. The van der Waals surface area contributed by atoms with Crippen molar-refractivity contribution in [3.63, 3.8) is 0 Å². The van der Waals surface area contributed by atoms with E-state index in [1.165, 1.54) is 0 Å². The van der Waals surface area contributed by atoms with Gasteiger partial charge in [0.1, 0.15) is 6.04 Å². The summed E-state index contributed by atoms with van der Waals surface area (Å²) in [4.78, 5) is 38.0. The molecule has 2 aromatic carbocycles. The molecule has 2 aliphatic rings. The van der Waals surface area contributed by atoms with Gasteiger partial charge in [0, 0.05) is 29.7 Å². The number of furan rings is 1. The van der Waals surface area contributed by atoms with Gasteiger partial charge in [0.05, 0.1) is 12.5 Å². The zero-order valence-corrected chi connectivity index (χ0v) is 15.6. The van der Waals surface area contributed by atoms with Gasteiger partial charge in [-0.05, 0) is 35.2 Å². The molecular weight excluding hydrogens is 368 g/mol. The summed E-state index contributed by atoms with van der Waals surface area (Å²) < 4.78 is 5.47. The second-order valence-corrected chi connectivity index (χ2v) is 7.34. The van der Waals surface area contributed by atoms with Gasteiger partial charge < -0.3 is 9.32 Å². The maximum absolute atomic E-state index is 12.9. The Labute approximate surface area is 167 Å². The van der Waals surface area contributed by atoms with Crippen molar-refractivity contribution < 1.29 is 18.8 Å². The van der Waals surface area contributed by atoms with Crippen molar-refractivity contribution in [2.45, 2.75) is 25.4 Å². The molecular formula is C23H18N2O4. The molecule has 1 N–H and O–H groups in total. The molecule has 0 radical (unpaired) electrons. The van der Waals surface area contributed by atoms with E-state index in [1.807, 2.05) is 42.5 Å². The number of hydrogen-bond acceptors (Lipinski definition) is 4. The quantitative estimate of drug-likeness (QED) is 0.700. The SMILES string of the molecule is O=C1CCC(N2Cc3cc(-c4cocc4-c4ccccc4)ccc3C2=O)C(=O)N1. The monoisotopic (exact) mass is 386 g/mol. The molecule has 1 atom stereocenters. The second-order valence-electron chi connectivity index (χ2n) is 7.34. The molecule has 1 fully saturated rings. The standard InChI is InChI=1S/C23H18N2O4/c26-21-9-8-20(22(27)24-21)25-11-16-10-15(6-7-17(16)23(25)28)19-13-29-12-18(19)14-4-2-1-3-5-14/h1-7,10,12-13,20H,8-9,11H2,(H,24,26,27). The predicted octanol–water partition coefficient (Wildman–Crippen LogP) is 3.37. The number of nitrogens with one attached hydrogen (secondary N) is 1. The van der Waals surface area contributed by atoms with Crippen molar-refractivity contribution in [2.24, 2.45) is 0 Å². The lowest BCUT2D eigenvalue weighted by molar-refractivity contribution is -0.136. The highest BCUT2D eigenvalue weighted by atomic mass is 16.3. The summed E-state index contributed by atoms with van der Waals surface area (Å²) in [5.74, 6) is -0.855. The molecule has 1 aromatic heterocycles. The molecule has 3 aromatic rings. The molecule has 5 rings (SSSR count). The third kappa shape index (κ3) is 2.93. The molecule has 0 bridgehead atoms. The third-order valence-corrected chi connectivity index (χ3v) is 5.58. The van der Waals surface area contributed by atoms with E-state index in [0.717, 1.165) is 27.8 Å². The van der Waals surface area contributed by atoms with Gasteiger partial charge in [-0.15, -0.1) is 0 Å². The van der Waals surface area contributed by atoms with Crippen LogP contribution < -0.4 is 5.32 Å². The van der Waals surface area contributed by atoms with E-state index >= 15 is 0 Å². The van der Waals surface area contributed by atoms with E-state index in [1.54, 1.807) is 23.5 Å². The lowest BCUT2D eigenvalue weighted by atomic mass is 9.96. The van der Waals surface area contributed by atoms with Gasteiger partial charge in [-0.3, -0.25) is 19.7 Å². The smallest absolute Gasteiger partial charge is 0.255 e. The van der Waals surface area contributed by atoms with Gasteiger partial charge in [0.25, 0.3) is 5.91 Å². The summed E-state index contributed by atoms with van der Waals surface area (Å²) in [6, 6.07) is 15.1. The number of amides is 3. The highest BCUT2D eigenvalue weighted by molar-refractivity contribution is 6.05. The highest BCUT2D eigenvalue weighted by Gasteiger charge is 2.39. The number of imide groups is 1. The molecule has 1 saturated heterocycles. The average Bonchev–Trinajstić information content (AvgIpc) is 3.34. The Balaban J connectivity index is 1.47. The van der Waals surface area contributed by atoms with Crippen LogP contribution in [0.2, 0.25) is 0 Å². The number of fused-ring (bicyclic) bond motifs is 1. The number of rotatable bonds is 3. The first-order valence-electron chi connectivity index (χ1n) is 9.51. The van der Waals surface area contributed by atoms with Gasteiger partial charge >= 0.3 is 0 Å². The lowest BCUT2D eigenvalue weighted by Crippen LogP contribution is -2.52. The van der Waals surface area contributed by atoms with Crippen LogP contribution >= 0.6 is 0 Å². The van der Waals surface area contributed by atoms with Crippen molar-refractivity contribution >= 4 is 17.7 Å². The van der Waals surface area contributed by atoms with Crippen LogP contribution in [0, 0.1) is 0 Å². The topological polar surface area (TPSA) is 79.6 Å². The van der Waals surface area contributed by atoms with E-state index in [2.05, 4.69) is 5.32 Å². The molecule has 6 nitrogen and oxygen atoms in total. The van der Waals surface area contributed by atoms with Crippen LogP contribution in [-0.4, -0.2) is 28.7 Å². The van der Waals surface area contributed by atoms with Crippen molar-refractivity contribution in [2.75, 3.05) is 0 Å². The first-order valence-corrected chi connectivity index (χ1v) is 9.51. The number of nitrogens with zero attached hydrogens (tertiary/aromatic N) is 1. The van der Waals surface area contributed by atoms with E-state index in [4.69, 9.17) is 4.42 Å². The van der Waals surface area contributed by atoms with Crippen molar-refractivity contribution in [1.29, 1.82) is 0 Å². The van der Waals surface area contributed by atoms with Crippen molar-refractivity contribution in [1.82, 2.24) is 10.2 Å². The van der Waals surface area contributed by atoms with Crippen molar-refractivity contribution in [3.8, 4) is 22.3 Å². The minimum atomic E-state index is -0.607. The minimum absolute atomic E-state index is 0.170. The fourth-order valence-corrected chi connectivity index (χ4v) is 4.10. The molecule has 3 heterocycles. The Morgan fingerprint density at radius 2 is 1.66 bits per heavy atom. The number of hydrogen-bond donors (Lipinski definition) is 1. The average molecular weight is 386 g/mol. The number of benzene rings is 2. The zero-order chi connectivity index (χ0) is 20.0. The fourth-order valence-electron chi connectivity index (χ4n) is 4.10. The van der Waals surface area contributed by atoms with Crippen molar-refractivity contribution in [3.05, 3.63) is 72.2 Å². The fraction of sp³-hybridized carbons (Fsp3) is 0.174. The van der Waals surface area contributed by atoms with Crippen LogP contribution in [0.15, 0.2) is 65.5 Å². The molecule has 0 spiro atoms. The Morgan fingerprint density at radius 1 is 0.897 bits per heavy atom. The zero-order valence-electron chi connectivity index (χ0n) is 15.6. The molecule has 1 unspecified atom stereocenters. The maximum Gasteiger partial charge on any atom is 0.255 e. The van der Waals surface area contributed by atoms with Crippen LogP contribution in [0.3, 0.4) is 0 Å². The van der Waals surface area contributed by atoms with Crippen LogP contribution in [0.4, 0.5) is 0 Å². The third-order valence-electron chi connectivity index (χ3n) is 5.58. The first kappa shape index (κ1) is 17.4. The largest absolute Gasteiger partial charge is 0.471 e. The minimum Gasteiger partial charge on any atom is -0.471 e. The summed E-state index contributed by atoms with van der Waals surface area (Å²) >= 11 is 0. The Bertz CT molecular complexity index is 1130. The molecule has 2 aliphatic heterocycles. The van der Waals surface area contributed by atoms with E-state index in [9.17, 15) is 14.4 Å². The van der Waals surface area contributed by atoms with Crippen LogP contribution in [0.5, 0.6) is 0 Å². The summed E-state index contributed by atoms with van der Waals surface area (Å²) in [5, 5.41) is 2.33. The Hall–Kier alpha value is -3.67. The molecule has 3 amide bonds. The van der Waals surface area contributed by atoms with Crippen LogP contribution in [0.1, 0.15) is 28.8 Å². The number of piperidine rings is 1. The summed E-state index contributed by atoms with van der Waals surface area (Å²) in [6.07, 6.45) is 4.03. The van der Waals surface area contributed by atoms with Gasteiger partial charge in [-0.2, -0.15) is 0 Å². The molecule has 144 valence electrons. The first-order chi connectivity index (χ1) is 14.1. The van der Waals surface area contributed by atoms with E-state index in [-0.39, 0.29) is 18.2 Å². The molecule has 29 heavy (non-hydrogen) atoms. The number of carbonyl (C=O) groups excluding carboxylic acids is 3. The van der Waals surface area contributed by atoms with Crippen LogP contribution in [-0.2, 0) is 16.1 Å². The normalized spacial score (nSPS) is 18.7. The van der Waals surface area contributed by atoms with Gasteiger partial charge in [-0.1, -0.05) is 36.4 Å². The second kappa shape index (κ2) is 6.74. The van der Waals surface area contributed by atoms with E-state index < -0.39 is 11.9 Å². The number of carbonyl (C=O) groups is 3. The summed E-state index contributed by atoms with van der Waals surface area (Å²) in [5.41, 5.74) is 5.41. The summed E-state index contributed by atoms with van der Waals surface area (Å²) in [7, 11) is 0. The van der Waals surface area contributed by atoms with Gasteiger partial charge in [-0.25, -0.2) is 0 Å². The molecule has 0 aliphatic carbocycles. The highest BCUT2D eigenvalue weighted by Crippen LogP contribution is 2.36. The predicted molar refractivity (Wildman–Crippen MR) is 106 cm³/mol.